The molecule has 13 heteroatoms. The first-order valence-electron chi connectivity index (χ1n) is 13.5. The van der Waals surface area contributed by atoms with Crippen molar-refractivity contribution in [3.05, 3.63) is 102 Å². The molecule has 1 aliphatic rings. The number of hydrogen-bond donors (Lipinski definition) is 1. The van der Waals surface area contributed by atoms with Crippen LogP contribution in [0.1, 0.15) is 43.5 Å². The molecule has 0 saturated heterocycles. The van der Waals surface area contributed by atoms with Crippen LogP contribution >= 0.6 is 62.5 Å². The van der Waals surface area contributed by atoms with E-state index in [1.54, 1.807) is 43.8 Å². The van der Waals surface area contributed by atoms with Crippen molar-refractivity contribution < 1.29 is 19.0 Å². The summed E-state index contributed by atoms with van der Waals surface area (Å²) >= 11 is 24.2. The molecule has 1 N–H and O–H groups in total. The quantitative estimate of drug-likeness (QED) is 0.127. The number of aromatic nitrogens is 3. The summed E-state index contributed by atoms with van der Waals surface area (Å²) < 4.78 is 19.8. The van der Waals surface area contributed by atoms with E-state index in [2.05, 4.69) is 21.2 Å². The second-order valence-corrected chi connectivity index (χ2v) is 13.1. The van der Waals surface area contributed by atoms with Crippen LogP contribution in [0.4, 0.5) is 5.95 Å². The van der Waals surface area contributed by atoms with Crippen molar-refractivity contribution in [2.24, 2.45) is 0 Å². The molecule has 0 radical (unpaired) electrons. The molecule has 3 aromatic carbocycles. The van der Waals surface area contributed by atoms with Gasteiger partial charge in [-0.05, 0) is 78.2 Å². The maximum atomic E-state index is 13.5. The summed E-state index contributed by atoms with van der Waals surface area (Å²) in [7, 11) is 1.54. The second-order valence-electron chi connectivity index (χ2n) is 10.1. The lowest BCUT2D eigenvalue weighted by Gasteiger charge is -2.29. The molecule has 1 aliphatic heterocycles. The third-order valence-electron chi connectivity index (χ3n) is 6.70. The number of rotatable bonds is 10. The van der Waals surface area contributed by atoms with E-state index in [-0.39, 0.29) is 12.7 Å². The van der Waals surface area contributed by atoms with Crippen LogP contribution < -0.4 is 14.8 Å². The highest BCUT2D eigenvalue weighted by molar-refractivity contribution is 9.10. The Labute approximate surface area is 283 Å². The minimum absolute atomic E-state index is 0.115. The number of ether oxygens (including phenoxy) is 3. The number of benzene rings is 3. The lowest BCUT2D eigenvalue weighted by molar-refractivity contribution is -0.143. The number of carbonyl (C=O) groups excluding carboxylic acids is 1. The van der Waals surface area contributed by atoms with Crippen molar-refractivity contribution in [2.75, 3.05) is 12.4 Å². The standard InChI is InChI=1S/C31H28BrCl3N4O4S/c1-16(2)43-29(40)26-17(3)36-30-37-31(44-15-18-8-5-6-9-22(18)33)38-39(30)27(26)19-12-21(32)28(25(13-19)41-4)42-14-20-23(34)10-7-11-24(20)35/h5-13,16,27H,14-15H2,1-4H3,(H,36,37,38). The topological polar surface area (TPSA) is 87.5 Å². The van der Waals surface area contributed by atoms with Gasteiger partial charge in [0.15, 0.2) is 11.5 Å². The fourth-order valence-electron chi connectivity index (χ4n) is 4.65. The molecule has 1 aromatic heterocycles. The van der Waals surface area contributed by atoms with Gasteiger partial charge in [-0.25, -0.2) is 9.48 Å². The molecule has 8 nitrogen and oxygen atoms in total. The molecule has 5 rings (SSSR count). The Kier molecular flexibility index (Phi) is 10.4. The van der Waals surface area contributed by atoms with Crippen LogP contribution in [0.3, 0.4) is 0 Å². The molecule has 1 unspecified atom stereocenters. The highest BCUT2D eigenvalue weighted by Crippen LogP contribution is 2.44. The first-order chi connectivity index (χ1) is 21.1. The number of nitrogens with zero attached hydrogens (tertiary/aromatic N) is 3. The van der Waals surface area contributed by atoms with Gasteiger partial charge in [0.2, 0.25) is 11.1 Å². The molecule has 0 saturated carbocycles. The van der Waals surface area contributed by atoms with Gasteiger partial charge in [-0.15, -0.1) is 5.10 Å². The summed E-state index contributed by atoms with van der Waals surface area (Å²) in [5.41, 5.74) is 3.31. The minimum atomic E-state index is -0.683. The van der Waals surface area contributed by atoms with Crippen LogP contribution in [-0.2, 0) is 21.9 Å². The van der Waals surface area contributed by atoms with Crippen molar-refractivity contribution in [2.45, 2.75) is 50.4 Å². The zero-order valence-corrected chi connectivity index (χ0v) is 28.8. The van der Waals surface area contributed by atoms with Gasteiger partial charge in [0.25, 0.3) is 0 Å². The number of fused-ring (bicyclic) bond motifs is 1. The molecule has 4 aromatic rings. The number of nitrogens with one attached hydrogen (secondary N) is 1. The van der Waals surface area contributed by atoms with Crippen LogP contribution in [0.5, 0.6) is 11.5 Å². The van der Waals surface area contributed by atoms with Crippen LogP contribution in [0, 0.1) is 0 Å². The molecule has 44 heavy (non-hydrogen) atoms. The van der Waals surface area contributed by atoms with Crippen molar-refractivity contribution in [3.63, 3.8) is 0 Å². The summed E-state index contributed by atoms with van der Waals surface area (Å²) in [6, 6.07) is 15.9. The van der Waals surface area contributed by atoms with Crippen LogP contribution in [0.25, 0.3) is 0 Å². The van der Waals surface area contributed by atoms with E-state index in [0.717, 1.165) is 5.56 Å². The molecule has 2 heterocycles. The molecule has 0 fully saturated rings. The highest BCUT2D eigenvalue weighted by atomic mass is 79.9. The fraction of sp³-hybridized carbons (Fsp3) is 0.258. The molecule has 230 valence electrons. The fourth-order valence-corrected chi connectivity index (χ4v) is 6.85. The van der Waals surface area contributed by atoms with Crippen molar-refractivity contribution in [1.82, 2.24) is 14.8 Å². The number of thioether (sulfide) groups is 1. The normalized spacial score (nSPS) is 14.3. The number of methoxy groups -OCH3 is 1. The predicted octanol–water partition coefficient (Wildman–Crippen LogP) is 9.12. The average Bonchev–Trinajstić information content (AvgIpc) is 3.38. The van der Waals surface area contributed by atoms with Crippen LogP contribution in [0.15, 0.2) is 75.5 Å². The summed E-state index contributed by atoms with van der Waals surface area (Å²) in [6.45, 7) is 5.54. The minimum Gasteiger partial charge on any atom is -0.493 e. The van der Waals surface area contributed by atoms with Gasteiger partial charge in [0.1, 0.15) is 12.6 Å². The third-order valence-corrected chi connectivity index (χ3v) is 9.25. The second kappa shape index (κ2) is 14.0. The molecule has 0 amide bonds. The zero-order valence-electron chi connectivity index (χ0n) is 24.2. The van der Waals surface area contributed by atoms with E-state index < -0.39 is 12.0 Å². The Balaban J connectivity index is 1.53. The van der Waals surface area contributed by atoms with Crippen molar-refractivity contribution in [3.8, 4) is 11.5 Å². The van der Waals surface area contributed by atoms with Crippen molar-refractivity contribution in [1.29, 1.82) is 0 Å². The van der Waals surface area contributed by atoms with Gasteiger partial charge in [0, 0.05) is 32.1 Å². The molecule has 0 spiro atoms. The van der Waals surface area contributed by atoms with E-state index in [1.165, 1.54) is 11.8 Å². The van der Waals surface area contributed by atoms with Gasteiger partial charge in [-0.2, -0.15) is 4.98 Å². The maximum absolute atomic E-state index is 13.5. The van der Waals surface area contributed by atoms with E-state index in [1.807, 2.05) is 43.3 Å². The number of carbonyl (C=O) groups is 1. The predicted molar refractivity (Wildman–Crippen MR) is 178 cm³/mol. The lowest BCUT2D eigenvalue weighted by atomic mass is 9.95. The van der Waals surface area contributed by atoms with Gasteiger partial charge in [-0.1, -0.05) is 70.8 Å². The van der Waals surface area contributed by atoms with Gasteiger partial charge < -0.3 is 19.5 Å². The number of hydrogen-bond acceptors (Lipinski definition) is 8. The molecule has 0 aliphatic carbocycles. The first-order valence-corrected chi connectivity index (χ1v) is 16.4. The van der Waals surface area contributed by atoms with E-state index in [9.17, 15) is 4.79 Å². The smallest absolute Gasteiger partial charge is 0.338 e. The SMILES string of the molecule is COc1cc(C2C(C(=O)OC(C)C)=C(C)Nc3nc(SCc4ccccc4Cl)nn32)cc(Br)c1OCc1c(Cl)cccc1Cl. The Bertz CT molecular complexity index is 1730. The lowest BCUT2D eigenvalue weighted by Crippen LogP contribution is -2.30. The third kappa shape index (κ3) is 7.00. The summed E-state index contributed by atoms with van der Waals surface area (Å²) in [5.74, 6) is 1.47. The Morgan fingerprint density at radius 3 is 2.48 bits per heavy atom. The Morgan fingerprint density at radius 1 is 1.09 bits per heavy atom. The van der Waals surface area contributed by atoms with E-state index >= 15 is 0 Å². The van der Waals surface area contributed by atoms with Gasteiger partial charge >= 0.3 is 5.97 Å². The molecular weight excluding hydrogens is 711 g/mol. The van der Waals surface area contributed by atoms with Crippen LogP contribution in [0.2, 0.25) is 15.1 Å². The molecular formula is C31H28BrCl3N4O4S. The average molecular weight is 739 g/mol. The zero-order chi connectivity index (χ0) is 31.5. The van der Waals surface area contributed by atoms with E-state index in [0.29, 0.717) is 70.3 Å². The summed E-state index contributed by atoms with van der Waals surface area (Å²) in [6.07, 6.45) is -0.323. The Hall–Kier alpha value is -2.89. The van der Waals surface area contributed by atoms with Gasteiger partial charge in [0.05, 0.1) is 23.3 Å². The molecule has 0 bridgehead atoms. The summed E-state index contributed by atoms with van der Waals surface area (Å²) in [5, 5.41) is 10.2. The van der Waals surface area contributed by atoms with E-state index in [4.69, 9.17) is 59.1 Å². The number of anilines is 1. The van der Waals surface area contributed by atoms with Gasteiger partial charge in [-0.3, -0.25) is 0 Å². The van der Waals surface area contributed by atoms with Crippen LogP contribution in [-0.4, -0.2) is 33.9 Å². The highest BCUT2D eigenvalue weighted by Gasteiger charge is 2.36. The number of halogens is 4. The first kappa shape index (κ1) is 32.5. The maximum Gasteiger partial charge on any atom is 0.338 e. The molecule has 1 atom stereocenters. The number of esters is 1. The number of allylic oxidation sites excluding steroid dienone is 1. The van der Waals surface area contributed by atoms with Crippen molar-refractivity contribution >= 4 is 74.4 Å². The monoisotopic (exact) mass is 736 g/mol. The largest absolute Gasteiger partial charge is 0.493 e. The Morgan fingerprint density at radius 2 is 1.80 bits per heavy atom. The summed E-state index contributed by atoms with van der Waals surface area (Å²) in [4.78, 5) is 18.2.